The average Bonchev–Trinajstić information content (AvgIpc) is 3.71. The Hall–Kier alpha value is -3.31. The number of alkyl halides is 1. The van der Waals surface area contributed by atoms with Crippen LogP contribution in [0.3, 0.4) is 0 Å². The van der Waals surface area contributed by atoms with E-state index in [0.29, 0.717) is 30.3 Å². The first-order valence-corrected chi connectivity index (χ1v) is 16.1. The second-order valence-electron chi connectivity index (χ2n) is 13.4. The topological polar surface area (TPSA) is 107 Å². The zero-order chi connectivity index (χ0) is 31.0. The van der Waals surface area contributed by atoms with Crippen LogP contribution >= 0.6 is 11.8 Å². The number of nitrogens with zero attached hydrogens (tertiary/aromatic N) is 3. The minimum atomic E-state index is -1.59. The highest BCUT2D eigenvalue weighted by Crippen LogP contribution is 2.69. The van der Waals surface area contributed by atoms with E-state index in [2.05, 4.69) is 30.0 Å². The second-order valence-corrected chi connectivity index (χ2v) is 14.3. The van der Waals surface area contributed by atoms with Crippen molar-refractivity contribution in [3.05, 3.63) is 71.5 Å². The van der Waals surface area contributed by atoms with E-state index in [1.54, 1.807) is 16.8 Å². The SMILES string of the molecule is C[C@H]1C[C@@H]2[C@H]([C@@H](O)C[C@@]3(C)[C@H]2CC[C@]3(OC(=O)c2ccco2)C(=O)SCF)[C@@]2(C)Cc3cnn(-c4ccc(F)nc4)c3C=C12. The maximum Gasteiger partial charge on any atom is 0.375 e. The lowest BCUT2D eigenvalue weighted by Gasteiger charge is -2.61. The van der Waals surface area contributed by atoms with Crippen molar-refractivity contribution >= 4 is 28.9 Å². The maximum atomic E-state index is 13.7. The number of esters is 1. The van der Waals surface area contributed by atoms with Gasteiger partial charge in [-0.3, -0.25) is 4.79 Å². The minimum Gasteiger partial charge on any atom is -0.457 e. The molecule has 0 saturated heterocycles. The molecule has 7 rings (SSSR count). The normalized spacial score (nSPS) is 35.6. The van der Waals surface area contributed by atoms with E-state index in [1.807, 2.05) is 13.1 Å². The lowest BCUT2D eigenvalue weighted by molar-refractivity contribution is -0.177. The summed E-state index contributed by atoms with van der Waals surface area (Å²) in [5.74, 6) is -1.26. The highest BCUT2D eigenvalue weighted by molar-refractivity contribution is 8.13. The van der Waals surface area contributed by atoms with Gasteiger partial charge in [0.2, 0.25) is 16.8 Å². The molecule has 3 aromatic heterocycles. The number of carbonyl (C=O) groups excluding carboxylic acids is 2. The summed E-state index contributed by atoms with van der Waals surface area (Å²) in [5.41, 5.74) is 1.02. The van der Waals surface area contributed by atoms with Gasteiger partial charge in [-0.2, -0.15) is 9.49 Å². The van der Waals surface area contributed by atoms with Gasteiger partial charge in [-0.25, -0.2) is 18.9 Å². The molecule has 8 atom stereocenters. The minimum absolute atomic E-state index is 0.0211. The number of hydrogen-bond donors (Lipinski definition) is 1. The Morgan fingerprint density at radius 1 is 1.25 bits per heavy atom. The number of ether oxygens (including phenoxy) is 1. The fourth-order valence-corrected chi connectivity index (χ4v) is 10.3. The van der Waals surface area contributed by atoms with Crippen molar-refractivity contribution in [1.29, 1.82) is 0 Å². The van der Waals surface area contributed by atoms with E-state index in [1.165, 1.54) is 30.2 Å². The van der Waals surface area contributed by atoms with E-state index in [0.717, 1.165) is 17.7 Å². The molecule has 3 heterocycles. The van der Waals surface area contributed by atoms with E-state index in [4.69, 9.17) is 9.15 Å². The molecule has 232 valence electrons. The van der Waals surface area contributed by atoms with Gasteiger partial charge >= 0.3 is 5.97 Å². The summed E-state index contributed by atoms with van der Waals surface area (Å²) in [7, 11) is 0. The molecule has 4 aliphatic carbocycles. The molecule has 4 aliphatic rings. The van der Waals surface area contributed by atoms with Crippen molar-refractivity contribution in [1.82, 2.24) is 14.8 Å². The van der Waals surface area contributed by atoms with Crippen LogP contribution < -0.4 is 0 Å². The summed E-state index contributed by atoms with van der Waals surface area (Å²) >= 11 is 0.524. The molecule has 8 nitrogen and oxygen atoms in total. The van der Waals surface area contributed by atoms with Crippen LogP contribution in [0, 0.1) is 40.4 Å². The smallest absolute Gasteiger partial charge is 0.375 e. The highest BCUT2D eigenvalue weighted by Gasteiger charge is 2.71. The Bertz CT molecular complexity index is 1640. The lowest BCUT2D eigenvalue weighted by Crippen LogP contribution is -2.63. The third kappa shape index (κ3) is 4.11. The fraction of sp³-hybridized carbons (Fsp3) is 0.515. The number of furan rings is 1. The predicted octanol–water partition coefficient (Wildman–Crippen LogP) is 6.18. The van der Waals surface area contributed by atoms with E-state index < -0.39 is 40.2 Å². The molecule has 1 N–H and O–H groups in total. The van der Waals surface area contributed by atoms with Crippen LogP contribution in [0.5, 0.6) is 0 Å². The van der Waals surface area contributed by atoms with Gasteiger partial charge in [0.1, 0.15) is 6.01 Å². The molecule has 3 saturated carbocycles. The lowest BCUT2D eigenvalue weighted by atomic mass is 9.44. The number of allylic oxidation sites excluding steroid dienone is 1. The van der Waals surface area contributed by atoms with E-state index in [-0.39, 0.29) is 47.7 Å². The number of aliphatic hydroxyl groups excluding tert-OH is 1. The molecule has 0 unspecified atom stereocenters. The Kier molecular flexibility index (Phi) is 6.93. The first-order valence-electron chi connectivity index (χ1n) is 15.1. The predicted molar refractivity (Wildman–Crippen MR) is 159 cm³/mol. The summed E-state index contributed by atoms with van der Waals surface area (Å²) in [5, 5.41) is 16.2. The van der Waals surface area contributed by atoms with Crippen LogP contribution in [-0.2, 0) is 16.0 Å². The molecule has 0 aromatic carbocycles. The molecule has 0 radical (unpaired) electrons. The van der Waals surface area contributed by atoms with Crippen molar-refractivity contribution in [2.45, 2.75) is 64.6 Å². The van der Waals surface area contributed by atoms with Crippen LogP contribution in [-0.4, -0.2) is 48.7 Å². The molecule has 3 aromatic rings. The van der Waals surface area contributed by atoms with E-state index >= 15 is 0 Å². The summed E-state index contributed by atoms with van der Waals surface area (Å²) in [6.07, 6.45) is 8.65. The average molecular weight is 624 g/mol. The highest BCUT2D eigenvalue weighted by atomic mass is 32.2. The first kappa shape index (κ1) is 29.4. The van der Waals surface area contributed by atoms with E-state index in [9.17, 15) is 23.5 Å². The molecular formula is C33H35F2N3O5S. The van der Waals surface area contributed by atoms with Crippen LogP contribution in [0.2, 0.25) is 0 Å². The molecule has 0 aliphatic heterocycles. The fourth-order valence-electron chi connectivity index (χ4n) is 9.63. The summed E-state index contributed by atoms with van der Waals surface area (Å²) in [6, 6.07) is 5.09. The van der Waals surface area contributed by atoms with Crippen molar-refractivity contribution in [3.8, 4) is 5.69 Å². The standard InChI is InChI=1S/C33H35F2N3O5S/c1-18-11-21-22-8-9-33(30(41)44-17-34,43-29(40)26-5-4-10-42-26)32(22,3)14-25(39)28(21)31(2)13-19-15-37-38(24(19)12-23(18)31)20-6-7-27(35)36-16-20/h4-7,10,12,15-16,18,21-22,25,28,39H,8-9,11,13-14,17H2,1-3H3/t18-,21-,22-,25-,28+,31-,32-,33-/m0/s1. The maximum absolute atomic E-state index is 13.7. The van der Waals surface area contributed by atoms with Gasteiger partial charge < -0.3 is 14.3 Å². The monoisotopic (exact) mass is 623 g/mol. The quantitative estimate of drug-likeness (QED) is 0.265. The Morgan fingerprint density at radius 3 is 2.77 bits per heavy atom. The third-order valence-electron chi connectivity index (χ3n) is 11.3. The van der Waals surface area contributed by atoms with Crippen LogP contribution in [0.25, 0.3) is 11.8 Å². The Labute approximate surface area is 258 Å². The number of thioether (sulfide) groups is 1. The largest absolute Gasteiger partial charge is 0.457 e. The molecule has 3 fully saturated rings. The van der Waals surface area contributed by atoms with Gasteiger partial charge in [0.15, 0.2) is 5.60 Å². The third-order valence-corrected chi connectivity index (χ3v) is 12.0. The number of aromatic nitrogens is 3. The van der Waals surface area contributed by atoms with Crippen molar-refractivity contribution in [2.75, 3.05) is 6.01 Å². The zero-order valence-corrected chi connectivity index (χ0v) is 25.7. The summed E-state index contributed by atoms with van der Waals surface area (Å²) in [6.45, 7) is 6.36. The second kappa shape index (κ2) is 10.4. The van der Waals surface area contributed by atoms with Crippen molar-refractivity contribution in [3.63, 3.8) is 0 Å². The van der Waals surface area contributed by atoms with Gasteiger partial charge in [0.05, 0.1) is 36.1 Å². The van der Waals surface area contributed by atoms with Crippen molar-refractivity contribution < 1.29 is 32.6 Å². The number of fused-ring (bicyclic) bond motifs is 6. The molecular weight excluding hydrogens is 588 g/mol. The number of aliphatic hydroxyl groups is 1. The van der Waals surface area contributed by atoms with Crippen LogP contribution in [0.1, 0.15) is 68.3 Å². The van der Waals surface area contributed by atoms with Crippen LogP contribution in [0.15, 0.2) is 52.9 Å². The molecule has 44 heavy (non-hydrogen) atoms. The van der Waals surface area contributed by atoms with Gasteiger partial charge in [-0.1, -0.05) is 26.3 Å². The zero-order valence-electron chi connectivity index (χ0n) is 24.8. The molecule has 0 amide bonds. The number of pyridine rings is 1. The van der Waals surface area contributed by atoms with Gasteiger partial charge in [-0.05, 0) is 109 Å². The summed E-state index contributed by atoms with van der Waals surface area (Å²) < 4.78 is 40.3. The number of rotatable bonds is 5. The molecule has 0 spiro atoms. The van der Waals surface area contributed by atoms with Gasteiger partial charge in [0.25, 0.3) is 0 Å². The summed E-state index contributed by atoms with van der Waals surface area (Å²) in [4.78, 5) is 30.7. The number of halogens is 2. The molecule has 0 bridgehead atoms. The van der Waals surface area contributed by atoms with Crippen LogP contribution in [0.4, 0.5) is 8.78 Å². The Balaban J connectivity index is 1.25. The van der Waals surface area contributed by atoms with Crippen molar-refractivity contribution in [2.24, 2.45) is 34.5 Å². The number of carbonyl (C=O) groups is 2. The molecule has 11 heteroatoms. The number of hydrogen-bond acceptors (Lipinski definition) is 8. The van der Waals surface area contributed by atoms with Gasteiger partial charge in [-0.15, -0.1) is 0 Å². The van der Waals surface area contributed by atoms with Gasteiger partial charge in [0, 0.05) is 5.41 Å². The Morgan fingerprint density at radius 2 is 2.07 bits per heavy atom. The first-order chi connectivity index (χ1) is 21.0.